The lowest BCUT2D eigenvalue weighted by atomic mass is 10.1. The number of nitro benzene ring substituents is 1. The van der Waals surface area contributed by atoms with Crippen LogP contribution < -0.4 is 19.6 Å². The van der Waals surface area contributed by atoms with Gasteiger partial charge in [0, 0.05) is 11.6 Å². The minimum absolute atomic E-state index is 0.0873. The van der Waals surface area contributed by atoms with Crippen LogP contribution in [0.4, 0.5) is 5.69 Å². The maximum absolute atomic E-state index is 12.1. The van der Waals surface area contributed by atoms with Gasteiger partial charge in [0.05, 0.1) is 38.4 Å². The zero-order chi connectivity index (χ0) is 22.6. The lowest BCUT2D eigenvalue weighted by Crippen LogP contribution is -2.19. The molecule has 1 amide bonds. The molecule has 2 aromatic rings. The van der Waals surface area contributed by atoms with Crippen molar-refractivity contribution in [3.05, 3.63) is 57.6 Å². The van der Waals surface area contributed by atoms with Crippen molar-refractivity contribution >= 4 is 17.8 Å². The van der Waals surface area contributed by atoms with E-state index in [-0.39, 0.29) is 29.5 Å². The molecule has 0 radical (unpaired) electrons. The number of nitrogens with zero attached hydrogens (tertiary/aromatic N) is 2. The van der Waals surface area contributed by atoms with Crippen molar-refractivity contribution in [2.24, 2.45) is 5.10 Å². The first-order valence-corrected chi connectivity index (χ1v) is 9.92. The van der Waals surface area contributed by atoms with Crippen LogP contribution in [-0.4, -0.2) is 37.9 Å². The molecular formula is C22H27N3O6. The zero-order valence-corrected chi connectivity index (χ0v) is 17.9. The number of hydrazone groups is 1. The molecule has 9 heteroatoms. The second-order valence-electron chi connectivity index (χ2n) is 6.70. The molecule has 9 nitrogen and oxygen atoms in total. The number of hydrogen-bond donors (Lipinski definition) is 1. The number of nitrogens with one attached hydrogen (secondary N) is 1. The molecule has 0 saturated carbocycles. The van der Waals surface area contributed by atoms with E-state index in [1.165, 1.54) is 19.4 Å². The van der Waals surface area contributed by atoms with E-state index in [2.05, 4.69) is 17.5 Å². The Kier molecular flexibility index (Phi) is 9.28. The fourth-order valence-electron chi connectivity index (χ4n) is 2.79. The normalized spacial score (nSPS) is 10.7. The predicted octanol–water partition coefficient (Wildman–Crippen LogP) is 3.87. The van der Waals surface area contributed by atoms with Crippen molar-refractivity contribution in [2.75, 3.05) is 20.8 Å². The Morgan fingerprint density at radius 3 is 2.52 bits per heavy atom. The zero-order valence-electron chi connectivity index (χ0n) is 17.9. The largest absolute Gasteiger partial charge is 0.497 e. The average molecular weight is 429 g/mol. The third-order valence-electron chi connectivity index (χ3n) is 4.40. The molecule has 0 aliphatic carbocycles. The van der Waals surface area contributed by atoms with Gasteiger partial charge in [-0.2, -0.15) is 5.10 Å². The van der Waals surface area contributed by atoms with Gasteiger partial charge in [-0.15, -0.1) is 0 Å². The number of carbonyl (C=O) groups is 1. The summed E-state index contributed by atoms with van der Waals surface area (Å²) in [6.07, 6.45) is 4.23. The van der Waals surface area contributed by atoms with Crippen LogP contribution in [0.3, 0.4) is 0 Å². The standard InChI is InChI=1S/C22H27N3O6/c1-4-5-6-11-31-22-19(25(27)28)12-17(13-20(22)30-3)15-23-24-21(26)14-16-7-9-18(29-2)10-8-16/h7-10,12-13,15H,4-6,11,14H2,1-3H3,(H,24,26)/b23-15-. The molecule has 0 heterocycles. The number of carbonyl (C=O) groups excluding carboxylic acids is 1. The van der Waals surface area contributed by atoms with Gasteiger partial charge >= 0.3 is 5.69 Å². The Labute approximate surface area is 181 Å². The van der Waals surface area contributed by atoms with E-state index in [4.69, 9.17) is 14.2 Å². The average Bonchev–Trinajstić information content (AvgIpc) is 2.77. The first-order valence-electron chi connectivity index (χ1n) is 9.92. The Morgan fingerprint density at radius 1 is 1.16 bits per heavy atom. The summed E-state index contributed by atoms with van der Waals surface area (Å²) in [6, 6.07) is 10.0. The molecule has 0 spiro atoms. The summed E-state index contributed by atoms with van der Waals surface area (Å²) in [4.78, 5) is 23.1. The molecule has 0 fully saturated rings. The summed E-state index contributed by atoms with van der Waals surface area (Å²) in [7, 11) is 2.98. The summed E-state index contributed by atoms with van der Waals surface area (Å²) in [5, 5.41) is 15.4. The molecule has 0 aliphatic heterocycles. The lowest BCUT2D eigenvalue weighted by Gasteiger charge is -2.11. The van der Waals surface area contributed by atoms with E-state index in [0.717, 1.165) is 24.8 Å². The van der Waals surface area contributed by atoms with Gasteiger partial charge in [-0.25, -0.2) is 5.43 Å². The van der Waals surface area contributed by atoms with Crippen LogP contribution in [0.5, 0.6) is 17.2 Å². The van der Waals surface area contributed by atoms with Gasteiger partial charge in [-0.05, 0) is 30.2 Å². The Hall–Kier alpha value is -3.62. The number of amides is 1. The Morgan fingerprint density at radius 2 is 1.90 bits per heavy atom. The quantitative estimate of drug-likeness (QED) is 0.237. The maximum Gasteiger partial charge on any atom is 0.315 e. The van der Waals surface area contributed by atoms with Gasteiger partial charge in [0.1, 0.15) is 5.75 Å². The SMILES string of the molecule is CCCCCOc1c(OC)cc(/C=N\NC(=O)Cc2ccc(OC)cc2)cc1[N+](=O)[O-]. The summed E-state index contributed by atoms with van der Waals surface area (Å²) >= 11 is 0. The molecule has 2 aromatic carbocycles. The first-order chi connectivity index (χ1) is 15.0. The van der Waals surface area contributed by atoms with E-state index >= 15 is 0 Å². The van der Waals surface area contributed by atoms with Crippen molar-refractivity contribution in [3.8, 4) is 17.2 Å². The van der Waals surface area contributed by atoms with Crippen LogP contribution in [0, 0.1) is 10.1 Å². The van der Waals surface area contributed by atoms with Crippen molar-refractivity contribution in [1.82, 2.24) is 5.43 Å². The molecule has 0 aromatic heterocycles. The molecule has 1 N–H and O–H groups in total. The smallest absolute Gasteiger partial charge is 0.315 e. The number of hydrogen-bond acceptors (Lipinski definition) is 7. The van der Waals surface area contributed by atoms with E-state index < -0.39 is 4.92 Å². The second-order valence-corrected chi connectivity index (χ2v) is 6.70. The van der Waals surface area contributed by atoms with Crippen LogP contribution >= 0.6 is 0 Å². The fraction of sp³-hybridized carbons (Fsp3) is 0.364. The predicted molar refractivity (Wildman–Crippen MR) is 117 cm³/mol. The molecule has 31 heavy (non-hydrogen) atoms. The minimum atomic E-state index is -0.530. The van der Waals surface area contributed by atoms with Gasteiger partial charge in [-0.1, -0.05) is 31.9 Å². The number of rotatable bonds is 12. The number of nitro groups is 1. The summed E-state index contributed by atoms with van der Waals surface area (Å²) in [5.74, 6) is 0.704. The van der Waals surface area contributed by atoms with Gasteiger partial charge < -0.3 is 14.2 Å². The van der Waals surface area contributed by atoms with Gasteiger partial charge in [0.15, 0.2) is 5.75 Å². The summed E-state index contributed by atoms with van der Waals surface area (Å²) in [6.45, 7) is 2.42. The van der Waals surface area contributed by atoms with E-state index in [9.17, 15) is 14.9 Å². The van der Waals surface area contributed by atoms with Gasteiger partial charge in [0.2, 0.25) is 11.7 Å². The highest BCUT2D eigenvalue weighted by molar-refractivity contribution is 5.85. The molecule has 0 aliphatic rings. The molecule has 0 saturated heterocycles. The monoisotopic (exact) mass is 429 g/mol. The van der Waals surface area contributed by atoms with Crippen molar-refractivity contribution in [2.45, 2.75) is 32.6 Å². The minimum Gasteiger partial charge on any atom is -0.497 e. The third kappa shape index (κ3) is 7.29. The molecule has 0 unspecified atom stereocenters. The third-order valence-corrected chi connectivity index (χ3v) is 4.40. The Bertz CT molecular complexity index is 912. The Balaban J connectivity index is 2.06. The highest BCUT2D eigenvalue weighted by atomic mass is 16.6. The van der Waals surface area contributed by atoms with E-state index in [0.29, 0.717) is 17.9 Å². The highest BCUT2D eigenvalue weighted by Gasteiger charge is 2.22. The van der Waals surface area contributed by atoms with E-state index in [1.807, 2.05) is 0 Å². The number of ether oxygens (including phenoxy) is 3. The first kappa shape index (κ1) is 23.7. The van der Waals surface area contributed by atoms with Crippen molar-refractivity contribution in [1.29, 1.82) is 0 Å². The lowest BCUT2D eigenvalue weighted by molar-refractivity contribution is -0.386. The molecule has 0 atom stereocenters. The molecule has 166 valence electrons. The van der Waals surface area contributed by atoms with Crippen LogP contribution in [-0.2, 0) is 11.2 Å². The van der Waals surface area contributed by atoms with Gasteiger partial charge in [0.25, 0.3) is 0 Å². The van der Waals surface area contributed by atoms with Crippen LogP contribution in [0.25, 0.3) is 0 Å². The van der Waals surface area contributed by atoms with E-state index in [1.54, 1.807) is 37.4 Å². The topological polar surface area (TPSA) is 112 Å². The number of benzene rings is 2. The molecular weight excluding hydrogens is 402 g/mol. The molecule has 2 rings (SSSR count). The van der Waals surface area contributed by atoms with Crippen molar-refractivity contribution < 1.29 is 23.9 Å². The number of methoxy groups -OCH3 is 2. The van der Waals surface area contributed by atoms with Gasteiger partial charge in [-0.3, -0.25) is 14.9 Å². The number of unbranched alkanes of at least 4 members (excludes halogenated alkanes) is 2. The van der Waals surface area contributed by atoms with Crippen LogP contribution in [0.1, 0.15) is 37.3 Å². The maximum atomic E-state index is 12.1. The fourth-order valence-corrected chi connectivity index (χ4v) is 2.79. The highest BCUT2D eigenvalue weighted by Crippen LogP contribution is 2.38. The van der Waals surface area contributed by atoms with Crippen LogP contribution in [0.15, 0.2) is 41.5 Å². The van der Waals surface area contributed by atoms with Crippen LogP contribution in [0.2, 0.25) is 0 Å². The molecule has 0 bridgehead atoms. The summed E-state index contributed by atoms with van der Waals surface area (Å²) in [5.41, 5.74) is 3.39. The summed E-state index contributed by atoms with van der Waals surface area (Å²) < 4.78 is 16.0. The van der Waals surface area contributed by atoms with Crippen molar-refractivity contribution in [3.63, 3.8) is 0 Å². The second kappa shape index (κ2) is 12.2.